The second-order valence-electron chi connectivity index (χ2n) is 4.16. The van der Waals surface area contributed by atoms with Gasteiger partial charge in [0.05, 0.1) is 0 Å². The summed E-state index contributed by atoms with van der Waals surface area (Å²) >= 11 is 0. The van der Waals surface area contributed by atoms with Crippen LogP contribution in [0.1, 0.15) is 18.7 Å². The summed E-state index contributed by atoms with van der Waals surface area (Å²) in [5.74, 6) is 1.04. The maximum absolute atomic E-state index is 11.6. The molecule has 1 fully saturated rings. The van der Waals surface area contributed by atoms with Crippen LogP contribution < -0.4 is 0 Å². The van der Waals surface area contributed by atoms with E-state index in [2.05, 4.69) is 16.1 Å². The maximum atomic E-state index is 11.6. The van der Waals surface area contributed by atoms with Crippen molar-refractivity contribution in [1.82, 2.24) is 14.5 Å². The highest BCUT2D eigenvalue weighted by atomic mass is 16.2. The van der Waals surface area contributed by atoms with E-state index in [4.69, 9.17) is 0 Å². The normalized spacial score (nSPS) is 20.1. The van der Waals surface area contributed by atoms with E-state index in [1.54, 1.807) is 6.20 Å². The molecule has 0 saturated carbocycles. The van der Waals surface area contributed by atoms with Crippen molar-refractivity contribution >= 4 is 5.91 Å². The number of hydrogen-bond donors (Lipinski definition) is 0. The molecule has 2 heterocycles. The minimum absolute atomic E-state index is 0.0419. The number of imidazole rings is 1. The van der Waals surface area contributed by atoms with Gasteiger partial charge in [-0.15, -0.1) is 0 Å². The number of aromatic nitrogens is 2. The van der Waals surface area contributed by atoms with Gasteiger partial charge in [-0.25, -0.2) is 4.98 Å². The molecule has 0 spiro atoms. The second-order valence-corrected chi connectivity index (χ2v) is 4.16. The molecule has 1 aliphatic heterocycles. The fraction of sp³-hybridized carbons (Fsp3) is 0.500. The summed E-state index contributed by atoms with van der Waals surface area (Å²) in [4.78, 5) is 17.7. The maximum Gasteiger partial charge on any atom is 0.246 e. The standard InChI is InChI=1S/C12H17N3O/c1-3-12(16)15-7-4-5-11(15)9-14-8-6-13-10(14)2/h3,6,8,11H,1,4-5,7,9H2,2H3. The highest BCUT2D eigenvalue weighted by Crippen LogP contribution is 2.19. The number of carbonyl (C=O) groups is 1. The molecule has 1 amide bonds. The summed E-state index contributed by atoms with van der Waals surface area (Å²) in [6.45, 7) is 7.21. The number of aryl methyl sites for hydroxylation is 1. The molecule has 1 unspecified atom stereocenters. The van der Waals surface area contributed by atoms with Crippen LogP contribution >= 0.6 is 0 Å². The fourth-order valence-corrected chi connectivity index (χ4v) is 2.26. The lowest BCUT2D eigenvalue weighted by Gasteiger charge is -2.24. The summed E-state index contributed by atoms with van der Waals surface area (Å²) < 4.78 is 2.10. The first-order valence-electron chi connectivity index (χ1n) is 5.63. The van der Waals surface area contributed by atoms with Gasteiger partial charge < -0.3 is 9.47 Å². The van der Waals surface area contributed by atoms with E-state index < -0.39 is 0 Å². The molecular formula is C12H17N3O. The predicted octanol–water partition coefficient (Wildman–Crippen LogP) is 1.37. The number of carbonyl (C=O) groups excluding carboxylic acids is 1. The predicted molar refractivity (Wildman–Crippen MR) is 61.9 cm³/mol. The first kappa shape index (κ1) is 10.9. The Morgan fingerprint density at radius 3 is 3.19 bits per heavy atom. The smallest absolute Gasteiger partial charge is 0.246 e. The molecule has 0 aromatic carbocycles. The van der Waals surface area contributed by atoms with Crippen LogP contribution in [0.15, 0.2) is 25.0 Å². The first-order chi connectivity index (χ1) is 7.72. The molecule has 4 nitrogen and oxygen atoms in total. The largest absolute Gasteiger partial charge is 0.334 e. The van der Waals surface area contributed by atoms with Crippen molar-refractivity contribution in [2.24, 2.45) is 0 Å². The Labute approximate surface area is 95.6 Å². The lowest BCUT2D eigenvalue weighted by Crippen LogP contribution is -2.37. The third-order valence-electron chi connectivity index (χ3n) is 3.17. The summed E-state index contributed by atoms with van der Waals surface area (Å²) in [6, 6.07) is 0.290. The van der Waals surface area contributed by atoms with Crippen LogP contribution in [0.25, 0.3) is 0 Å². The Kier molecular flexibility index (Phi) is 3.08. The van der Waals surface area contributed by atoms with E-state index in [-0.39, 0.29) is 5.91 Å². The molecule has 0 aliphatic carbocycles. The molecular weight excluding hydrogens is 202 g/mol. The third kappa shape index (κ3) is 2.01. The van der Waals surface area contributed by atoms with Gasteiger partial charge in [-0.1, -0.05) is 6.58 Å². The van der Waals surface area contributed by atoms with Crippen LogP contribution in [0.4, 0.5) is 0 Å². The van der Waals surface area contributed by atoms with Gasteiger partial charge in [0, 0.05) is 31.5 Å². The van der Waals surface area contributed by atoms with Gasteiger partial charge in [0.2, 0.25) is 5.91 Å². The van der Waals surface area contributed by atoms with Crippen LogP contribution in [0.5, 0.6) is 0 Å². The molecule has 1 saturated heterocycles. The van der Waals surface area contributed by atoms with Gasteiger partial charge >= 0.3 is 0 Å². The SMILES string of the molecule is C=CC(=O)N1CCCC1Cn1ccnc1C. The van der Waals surface area contributed by atoms with Crippen molar-refractivity contribution < 1.29 is 4.79 Å². The first-order valence-corrected chi connectivity index (χ1v) is 5.63. The van der Waals surface area contributed by atoms with Gasteiger partial charge in [-0.3, -0.25) is 4.79 Å². The highest BCUT2D eigenvalue weighted by molar-refractivity contribution is 5.87. The molecule has 0 bridgehead atoms. The lowest BCUT2D eigenvalue weighted by molar-refractivity contribution is -0.127. The van der Waals surface area contributed by atoms with E-state index in [0.717, 1.165) is 31.8 Å². The molecule has 1 aromatic heterocycles. The zero-order valence-electron chi connectivity index (χ0n) is 9.59. The van der Waals surface area contributed by atoms with Crippen LogP contribution in [0.3, 0.4) is 0 Å². The molecule has 0 N–H and O–H groups in total. The van der Waals surface area contributed by atoms with Crippen molar-refractivity contribution in [2.75, 3.05) is 6.54 Å². The van der Waals surface area contributed by atoms with E-state index in [9.17, 15) is 4.79 Å². The zero-order valence-corrected chi connectivity index (χ0v) is 9.59. The number of amides is 1. The van der Waals surface area contributed by atoms with Crippen LogP contribution in [-0.2, 0) is 11.3 Å². The van der Waals surface area contributed by atoms with Crippen molar-refractivity contribution in [1.29, 1.82) is 0 Å². The van der Waals surface area contributed by atoms with Crippen molar-refractivity contribution in [3.8, 4) is 0 Å². The number of likely N-dealkylation sites (tertiary alicyclic amines) is 1. The van der Waals surface area contributed by atoms with E-state index in [1.807, 2.05) is 18.0 Å². The average molecular weight is 219 g/mol. The second kappa shape index (κ2) is 4.51. The van der Waals surface area contributed by atoms with Crippen LogP contribution in [-0.4, -0.2) is 32.9 Å². The van der Waals surface area contributed by atoms with Crippen LogP contribution in [0.2, 0.25) is 0 Å². The highest BCUT2D eigenvalue weighted by Gasteiger charge is 2.27. The Morgan fingerprint density at radius 1 is 1.75 bits per heavy atom. The molecule has 1 atom stereocenters. The van der Waals surface area contributed by atoms with Gasteiger partial charge in [-0.05, 0) is 25.8 Å². The van der Waals surface area contributed by atoms with Crippen molar-refractivity contribution in [2.45, 2.75) is 32.4 Å². The summed E-state index contributed by atoms with van der Waals surface area (Å²) in [5, 5.41) is 0. The molecule has 86 valence electrons. The minimum Gasteiger partial charge on any atom is -0.334 e. The molecule has 0 radical (unpaired) electrons. The molecule has 1 aromatic rings. The minimum atomic E-state index is 0.0419. The molecule has 2 rings (SSSR count). The monoisotopic (exact) mass is 219 g/mol. The van der Waals surface area contributed by atoms with Crippen molar-refractivity contribution in [3.63, 3.8) is 0 Å². The summed E-state index contributed by atoms with van der Waals surface area (Å²) in [7, 11) is 0. The Balaban J connectivity index is 2.07. The molecule has 1 aliphatic rings. The quantitative estimate of drug-likeness (QED) is 0.720. The number of nitrogens with zero attached hydrogens (tertiary/aromatic N) is 3. The Bertz CT molecular complexity index is 397. The van der Waals surface area contributed by atoms with Crippen LogP contribution in [0, 0.1) is 6.92 Å². The van der Waals surface area contributed by atoms with Gasteiger partial charge in [-0.2, -0.15) is 0 Å². The zero-order chi connectivity index (χ0) is 11.5. The third-order valence-corrected chi connectivity index (χ3v) is 3.17. The summed E-state index contributed by atoms with van der Waals surface area (Å²) in [6.07, 6.45) is 7.31. The van der Waals surface area contributed by atoms with Crippen molar-refractivity contribution in [3.05, 3.63) is 30.9 Å². The molecule has 16 heavy (non-hydrogen) atoms. The average Bonchev–Trinajstić information content (AvgIpc) is 2.88. The molecule has 4 heteroatoms. The Morgan fingerprint density at radius 2 is 2.56 bits per heavy atom. The van der Waals surface area contributed by atoms with Gasteiger partial charge in [0.25, 0.3) is 0 Å². The topological polar surface area (TPSA) is 38.1 Å². The van der Waals surface area contributed by atoms with E-state index >= 15 is 0 Å². The number of rotatable bonds is 3. The fourth-order valence-electron chi connectivity index (χ4n) is 2.26. The Hall–Kier alpha value is -1.58. The van der Waals surface area contributed by atoms with Gasteiger partial charge in [0.1, 0.15) is 5.82 Å². The lowest BCUT2D eigenvalue weighted by atomic mass is 10.2. The van der Waals surface area contributed by atoms with E-state index in [0.29, 0.717) is 6.04 Å². The summed E-state index contributed by atoms with van der Waals surface area (Å²) in [5.41, 5.74) is 0. The van der Waals surface area contributed by atoms with E-state index in [1.165, 1.54) is 6.08 Å². The van der Waals surface area contributed by atoms with Gasteiger partial charge in [0.15, 0.2) is 0 Å². The number of hydrogen-bond acceptors (Lipinski definition) is 2.